The summed E-state index contributed by atoms with van der Waals surface area (Å²) >= 11 is 3.62. The fraction of sp³-hybridized carbons (Fsp3) is 0.600. The Kier molecular flexibility index (Phi) is 3.11. The van der Waals surface area contributed by atoms with Crippen molar-refractivity contribution in [2.75, 3.05) is 18.8 Å². The average Bonchev–Trinajstić information content (AvgIpc) is 2.63. The SMILES string of the molecule is CC1(C)Oc2c(cc3c(c2S(C)(C)C)OC(C)(C)S3)S1. The molecule has 0 spiro atoms. The molecule has 2 nitrogen and oxygen atoms in total. The van der Waals surface area contributed by atoms with Gasteiger partial charge in [-0.3, -0.25) is 0 Å². The van der Waals surface area contributed by atoms with Gasteiger partial charge in [0.1, 0.15) is 0 Å². The molecule has 0 N–H and O–H groups in total. The third-order valence-corrected chi connectivity index (χ3v) is 6.93. The van der Waals surface area contributed by atoms with Gasteiger partial charge in [-0.25, -0.2) is 10.0 Å². The van der Waals surface area contributed by atoms with Crippen LogP contribution in [0.3, 0.4) is 0 Å². The lowest BCUT2D eigenvalue weighted by Crippen LogP contribution is -2.20. The van der Waals surface area contributed by atoms with Crippen LogP contribution in [0.25, 0.3) is 0 Å². The summed E-state index contributed by atoms with van der Waals surface area (Å²) in [6.07, 6.45) is 6.92. The molecule has 0 radical (unpaired) electrons. The van der Waals surface area contributed by atoms with Crippen molar-refractivity contribution >= 4 is 33.6 Å². The minimum Gasteiger partial charge on any atom is -0.474 e. The molecular formula is C15H22O2S3. The van der Waals surface area contributed by atoms with Crippen LogP contribution in [0.5, 0.6) is 11.5 Å². The van der Waals surface area contributed by atoms with Crippen LogP contribution in [0.1, 0.15) is 27.7 Å². The molecule has 3 rings (SSSR count). The first-order valence-corrected chi connectivity index (χ1v) is 11.1. The zero-order valence-electron chi connectivity index (χ0n) is 13.1. The van der Waals surface area contributed by atoms with Crippen LogP contribution in [-0.4, -0.2) is 28.6 Å². The van der Waals surface area contributed by atoms with Crippen molar-refractivity contribution in [3.63, 3.8) is 0 Å². The molecule has 0 aromatic heterocycles. The van der Waals surface area contributed by atoms with Crippen molar-refractivity contribution in [1.29, 1.82) is 0 Å². The molecule has 1 aromatic rings. The van der Waals surface area contributed by atoms with Crippen LogP contribution < -0.4 is 9.47 Å². The maximum Gasteiger partial charge on any atom is 0.153 e. The minimum atomic E-state index is -0.930. The second-order valence-electron chi connectivity index (χ2n) is 6.91. The molecule has 0 saturated carbocycles. The first-order chi connectivity index (χ1) is 8.99. The number of thioether (sulfide) groups is 2. The first kappa shape index (κ1) is 14.8. The van der Waals surface area contributed by atoms with E-state index in [-0.39, 0.29) is 9.87 Å². The quantitative estimate of drug-likeness (QED) is 0.706. The highest BCUT2D eigenvalue weighted by atomic mass is 32.3. The van der Waals surface area contributed by atoms with Gasteiger partial charge in [-0.15, -0.1) is 0 Å². The van der Waals surface area contributed by atoms with E-state index >= 15 is 0 Å². The maximum atomic E-state index is 6.24. The van der Waals surface area contributed by atoms with Crippen molar-refractivity contribution in [3.8, 4) is 11.5 Å². The number of benzene rings is 1. The largest absolute Gasteiger partial charge is 0.474 e. The van der Waals surface area contributed by atoms with Crippen LogP contribution in [0.15, 0.2) is 20.8 Å². The van der Waals surface area contributed by atoms with Gasteiger partial charge in [0.05, 0.1) is 14.7 Å². The van der Waals surface area contributed by atoms with Crippen LogP contribution >= 0.6 is 33.6 Å². The summed E-state index contributed by atoms with van der Waals surface area (Å²) in [5, 5.41) is 0. The summed E-state index contributed by atoms with van der Waals surface area (Å²) in [4.78, 5) is 3.45. The molecule has 0 aliphatic carbocycles. The summed E-state index contributed by atoms with van der Waals surface area (Å²) < 4.78 is 12.5. The third-order valence-electron chi connectivity index (χ3n) is 3.14. The fourth-order valence-corrected chi connectivity index (χ4v) is 6.30. The summed E-state index contributed by atoms with van der Waals surface area (Å²) in [7, 11) is -0.930. The molecule has 0 atom stereocenters. The van der Waals surface area contributed by atoms with E-state index in [2.05, 4.69) is 52.5 Å². The summed E-state index contributed by atoms with van der Waals surface area (Å²) in [5.74, 6) is 2.11. The smallest absolute Gasteiger partial charge is 0.153 e. The van der Waals surface area contributed by atoms with Gasteiger partial charge in [0.2, 0.25) is 0 Å². The molecule has 5 heteroatoms. The van der Waals surface area contributed by atoms with Crippen molar-refractivity contribution in [2.24, 2.45) is 0 Å². The van der Waals surface area contributed by atoms with E-state index in [0.717, 1.165) is 11.5 Å². The monoisotopic (exact) mass is 330 g/mol. The van der Waals surface area contributed by atoms with E-state index in [1.54, 1.807) is 0 Å². The van der Waals surface area contributed by atoms with E-state index in [0.29, 0.717) is 0 Å². The summed E-state index contributed by atoms with van der Waals surface area (Å²) in [5.41, 5.74) is 0. The van der Waals surface area contributed by atoms with Gasteiger partial charge in [-0.1, -0.05) is 23.5 Å². The minimum absolute atomic E-state index is 0.183. The Hall–Kier alpha value is -0.130. The highest BCUT2D eigenvalue weighted by Gasteiger charge is 2.42. The zero-order chi connectivity index (χ0) is 14.9. The normalized spacial score (nSPS) is 22.8. The van der Waals surface area contributed by atoms with Crippen molar-refractivity contribution < 1.29 is 9.47 Å². The van der Waals surface area contributed by atoms with E-state index in [1.807, 2.05) is 23.5 Å². The second kappa shape index (κ2) is 4.20. The highest BCUT2D eigenvalue weighted by molar-refractivity contribution is 8.32. The summed E-state index contributed by atoms with van der Waals surface area (Å²) in [6, 6.07) is 2.25. The molecular weight excluding hydrogens is 308 g/mol. The van der Waals surface area contributed by atoms with Gasteiger partial charge in [-0.05, 0) is 52.5 Å². The predicted molar refractivity (Wildman–Crippen MR) is 91.2 cm³/mol. The molecule has 20 heavy (non-hydrogen) atoms. The van der Waals surface area contributed by atoms with Crippen molar-refractivity contribution in [2.45, 2.75) is 52.2 Å². The molecule has 0 fully saturated rings. The lowest BCUT2D eigenvalue weighted by Gasteiger charge is -2.30. The van der Waals surface area contributed by atoms with Gasteiger partial charge in [0.15, 0.2) is 21.4 Å². The standard InChI is InChI=1S/C15H22O2S3/c1-14(2)16-11-9(18-14)8-10-12(13(11)20(5,6)7)17-15(3,4)19-10/h8H,1-7H3. The van der Waals surface area contributed by atoms with Crippen LogP contribution in [0, 0.1) is 0 Å². The fourth-order valence-electron chi connectivity index (χ4n) is 2.54. The van der Waals surface area contributed by atoms with Crippen LogP contribution in [-0.2, 0) is 0 Å². The Morgan fingerprint density at radius 1 is 0.850 bits per heavy atom. The Labute approximate surface area is 131 Å². The van der Waals surface area contributed by atoms with E-state index in [4.69, 9.17) is 9.47 Å². The van der Waals surface area contributed by atoms with E-state index < -0.39 is 10.0 Å². The molecule has 112 valence electrons. The summed E-state index contributed by atoms with van der Waals surface area (Å²) in [6.45, 7) is 8.51. The van der Waals surface area contributed by atoms with E-state index in [1.165, 1.54) is 14.7 Å². The molecule has 0 unspecified atom stereocenters. The Bertz CT molecular complexity index is 544. The van der Waals surface area contributed by atoms with Crippen molar-refractivity contribution in [3.05, 3.63) is 6.07 Å². The maximum absolute atomic E-state index is 6.24. The number of hydrogen-bond donors (Lipinski definition) is 0. The lowest BCUT2D eigenvalue weighted by molar-refractivity contribution is 0.192. The Morgan fingerprint density at radius 2 is 1.25 bits per heavy atom. The second-order valence-corrected chi connectivity index (χ2v) is 14.2. The molecule has 0 bridgehead atoms. The number of fused-ring (bicyclic) bond motifs is 2. The molecule has 2 aliphatic heterocycles. The molecule has 2 heterocycles. The highest BCUT2D eigenvalue weighted by Crippen LogP contribution is 2.66. The van der Waals surface area contributed by atoms with E-state index in [9.17, 15) is 0 Å². The van der Waals surface area contributed by atoms with Gasteiger partial charge < -0.3 is 9.47 Å². The number of ether oxygens (including phenoxy) is 2. The average molecular weight is 331 g/mol. The number of rotatable bonds is 1. The molecule has 0 amide bonds. The lowest BCUT2D eigenvalue weighted by atomic mass is 10.3. The molecule has 2 aliphatic rings. The van der Waals surface area contributed by atoms with Crippen LogP contribution in [0.2, 0.25) is 0 Å². The van der Waals surface area contributed by atoms with Gasteiger partial charge in [0.25, 0.3) is 0 Å². The van der Waals surface area contributed by atoms with Gasteiger partial charge in [0, 0.05) is 0 Å². The predicted octanol–water partition coefficient (Wildman–Crippen LogP) is 5.18. The van der Waals surface area contributed by atoms with Crippen molar-refractivity contribution in [1.82, 2.24) is 0 Å². The Balaban J connectivity index is 2.23. The molecule has 1 aromatic carbocycles. The third kappa shape index (κ3) is 2.42. The van der Waals surface area contributed by atoms with Gasteiger partial charge in [-0.2, -0.15) is 0 Å². The van der Waals surface area contributed by atoms with Gasteiger partial charge >= 0.3 is 0 Å². The Morgan fingerprint density at radius 3 is 1.60 bits per heavy atom. The number of hydrogen-bond acceptors (Lipinski definition) is 4. The zero-order valence-corrected chi connectivity index (χ0v) is 15.6. The molecule has 0 saturated heterocycles. The topological polar surface area (TPSA) is 18.5 Å². The van der Waals surface area contributed by atoms with Crippen LogP contribution in [0.4, 0.5) is 0 Å². The first-order valence-electron chi connectivity index (χ1n) is 6.64.